The third kappa shape index (κ3) is 3.37. The normalized spacial score (nSPS) is 13.4. The van der Waals surface area contributed by atoms with Gasteiger partial charge in [-0.3, -0.25) is 9.48 Å². The molecule has 7 heteroatoms. The van der Waals surface area contributed by atoms with Crippen LogP contribution in [0.3, 0.4) is 0 Å². The quantitative estimate of drug-likeness (QED) is 0.712. The zero-order valence-corrected chi connectivity index (χ0v) is 15.5. The highest BCUT2D eigenvalue weighted by molar-refractivity contribution is 5.94. The molecule has 0 spiro atoms. The lowest BCUT2D eigenvalue weighted by molar-refractivity contribution is 0.0777. The Kier molecular flexibility index (Phi) is 4.51. The van der Waals surface area contributed by atoms with E-state index in [1.807, 2.05) is 13.2 Å². The van der Waals surface area contributed by atoms with E-state index in [-0.39, 0.29) is 11.7 Å². The first kappa shape index (κ1) is 17.5. The monoisotopic (exact) mass is 367 g/mol. The number of carbonyl (C=O) groups is 1. The zero-order chi connectivity index (χ0) is 19.0. The van der Waals surface area contributed by atoms with E-state index in [1.54, 1.807) is 39.6 Å². The molecule has 1 aliphatic carbocycles. The second-order valence-electron chi connectivity index (χ2n) is 7.05. The van der Waals surface area contributed by atoms with Crippen LogP contribution < -0.4 is 0 Å². The molecule has 3 aromatic rings. The van der Waals surface area contributed by atoms with Gasteiger partial charge in [0.25, 0.3) is 5.91 Å². The summed E-state index contributed by atoms with van der Waals surface area (Å²) in [5.74, 6) is -0.384. The summed E-state index contributed by atoms with van der Waals surface area (Å²) in [6, 6.07) is 6.24. The van der Waals surface area contributed by atoms with Crippen LogP contribution in [-0.2, 0) is 26.4 Å². The molecule has 0 bridgehead atoms. The molecule has 0 unspecified atom stereocenters. The molecule has 2 aromatic heterocycles. The van der Waals surface area contributed by atoms with Crippen LogP contribution in [0.15, 0.2) is 36.7 Å². The van der Waals surface area contributed by atoms with Gasteiger partial charge in [0.05, 0.1) is 11.9 Å². The Morgan fingerprint density at radius 2 is 1.96 bits per heavy atom. The van der Waals surface area contributed by atoms with Crippen molar-refractivity contribution < 1.29 is 9.18 Å². The molecule has 0 saturated heterocycles. The van der Waals surface area contributed by atoms with E-state index in [1.165, 1.54) is 12.1 Å². The largest absolute Gasteiger partial charge is 0.336 e. The number of hydrogen-bond donors (Lipinski definition) is 0. The van der Waals surface area contributed by atoms with E-state index in [0.29, 0.717) is 12.2 Å². The van der Waals surface area contributed by atoms with Crippen LogP contribution in [0, 0.1) is 5.82 Å². The maximum atomic E-state index is 13.3. The van der Waals surface area contributed by atoms with Gasteiger partial charge in [-0.25, -0.2) is 9.07 Å². The topological polar surface area (TPSA) is 56.0 Å². The first-order chi connectivity index (χ1) is 13.0. The molecule has 6 nitrogen and oxygen atoms in total. The van der Waals surface area contributed by atoms with Gasteiger partial charge in [-0.05, 0) is 49.9 Å². The molecule has 1 amide bonds. The van der Waals surface area contributed by atoms with E-state index in [0.717, 1.165) is 48.2 Å². The molecular formula is C20H22FN5O. The van der Waals surface area contributed by atoms with Crippen molar-refractivity contribution in [1.29, 1.82) is 0 Å². The third-order valence-corrected chi connectivity index (χ3v) is 4.98. The summed E-state index contributed by atoms with van der Waals surface area (Å²) in [4.78, 5) is 14.8. The summed E-state index contributed by atoms with van der Waals surface area (Å²) in [5.41, 5.74) is 4.34. The number of amides is 1. The van der Waals surface area contributed by atoms with Crippen LogP contribution in [0.25, 0.3) is 5.69 Å². The van der Waals surface area contributed by atoms with Gasteiger partial charge < -0.3 is 4.90 Å². The van der Waals surface area contributed by atoms with Crippen molar-refractivity contribution in [3.05, 3.63) is 65.0 Å². The van der Waals surface area contributed by atoms with E-state index < -0.39 is 0 Å². The van der Waals surface area contributed by atoms with E-state index in [9.17, 15) is 9.18 Å². The lowest BCUT2D eigenvalue weighted by Crippen LogP contribution is -2.27. The fourth-order valence-electron chi connectivity index (χ4n) is 3.65. The molecule has 0 radical (unpaired) electrons. The van der Waals surface area contributed by atoms with Crippen molar-refractivity contribution in [2.45, 2.75) is 32.2 Å². The minimum atomic E-state index is -0.285. The SMILES string of the molecule is CN(Cc1cnn(C)c1)C(=O)c1nn(-c2ccc(F)cc2)c2c1CCCC2. The molecule has 0 fully saturated rings. The van der Waals surface area contributed by atoms with Gasteiger partial charge in [-0.2, -0.15) is 10.2 Å². The molecule has 1 aromatic carbocycles. The number of aromatic nitrogens is 4. The van der Waals surface area contributed by atoms with Gasteiger partial charge >= 0.3 is 0 Å². The lowest BCUT2D eigenvalue weighted by Gasteiger charge is -2.17. The number of halogens is 1. The Hall–Kier alpha value is -2.96. The van der Waals surface area contributed by atoms with E-state index >= 15 is 0 Å². The fraction of sp³-hybridized carbons (Fsp3) is 0.350. The Balaban J connectivity index is 1.67. The molecule has 0 N–H and O–H groups in total. The fourth-order valence-corrected chi connectivity index (χ4v) is 3.65. The second-order valence-corrected chi connectivity index (χ2v) is 7.05. The van der Waals surface area contributed by atoms with Crippen molar-refractivity contribution in [3.63, 3.8) is 0 Å². The van der Waals surface area contributed by atoms with E-state index in [2.05, 4.69) is 10.2 Å². The highest BCUT2D eigenvalue weighted by Gasteiger charge is 2.27. The summed E-state index contributed by atoms with van der Waals surface area (Å²) < 4.78 is 16.8. The molecule has 2 heterocycles. The van der Waals surface area contributed by atoms with Gasteiger partial charge in [0, 0.05) is 43.7 Å². The molecule has 0 aliphatic heterocycles. The van der Waals surface area contributed by atoms with Crippen molar-refractivity contribution >= 4 is 5.91 Å². The summed E-state index contributed by atoms with van der Waals surface area (Å²) in [5, 5.41) is 8.79. The minimum Gasteiger partial charge on any atom is -0.336 e. The van der Waals surface area contributed by atoms with Crippen LogP contribution >= 0.6 is 0 Å². The first-order valence-electron chi connectivity index (χ1n) is 9.12. The van der Waals surface area contributed by atoms with Crippen LogP contribution in [0.1, 0.15) is 40.2 Å². The Labute approximate surface area is 157 Å². The summed E-state index contributed by atoms with van der Waals surface area (Å²) in [6.45, 7) is 0.477. The highest BCUT2D eigenvalue weighted by Crippen LogP contribution is 2.28. The van der Waals surface area contributed by atoms with Crippen LogP contribution in [0.5, 0.6) is 0 Å². The van der Waals surface area contributed by atoms with E-state index in [4.69, 9.17) is 0 Å². The summed E-state index contributed by atoms with van der Waals surface area (Å²) in [6.07, 6.45) is 7.50. The molecule has 0 saturated carbocycles. The predicted molar refractivity (Wildman–Crippen MR) is 99.2 cm³/mol. The van der Waals surface area contributed by atoms with Gasteiger partial charge in [-0.15, -0.1) is 0 Å². The Morgan fingerprint density at radius 1 is 1.22 bits per heavy atom. The van der Waals surface area contributed by atoms with Crippen molar-refractivity contribution in [3.8, 4) is 5.69 Å². The number of aryl methyl sites for hydroxylation is 1. The molecule has 27 heavy (non-hydrogen) atoms. The number of benzene rings is 1. The number of hydrogen-bond acceptors (Lipinski definition) is 3. The van der Waals surface area contributed by atoms with Gasteiger partial charge in [0.15, 0.2) is 5.69 Å². The van der Waals surface area contributed by atoms with Crippen molar-refractivity contribution in [2.24, 2.45) is 7.05 Å². The summed E-state index contributed by atoms with van der Waals surface area (Å²) in [7, 11) is 3.63. The molecule has 140 valence electrons. The molecule has 4 rings (SSSR count). The maximum absolute atomic E-state index is 13.3. The van der Waals surface area contributed by atoms with Gasteiger partial charge in [-0.1, -0.05) is 0 Å². The number of nitrogens with zero attached hydrogens (tertiary/aromatic N) is 5. The second kappa shape index (κ2) is 6.98. The first-order valence-corrected chi connectivity index (χ1v) is 9.12. The Bertz CT molecular complexity index is 973. The standard InChI is InChI=1S/C20H22FN5O/c1-24(12-14-11-22-25(2)13-14)20(27)19-17-5-3-4-6-18(17)26(23-19)16-9-7-15(21)8-10-16/h7-11,13H,3-6,12H2,1-2H3. The van der Waals surface area contributed by atoms with Gasteiger partial charge in [0.2, 0.25) is 0 Å². The van der Waals surface area contributed by atoms with Crippen molar-refractivity contribution in [1.82, 2.24) is 24.5 Å². The zero-order valence-electron chi connectivity index (χ0n) is 15.5. The minimum absolute atomic E-state index is 0.0992. The van der Waals surface area contributed by atoms with Gasteiger partial charge in [0.1, 0.15) is 5.82 Å². The van der Waals surface area contributed by atoms with Crippen LogP contribution in [-0.4, -0.2) is 37.4 Å². The average molecular weight is 367 g/mol. The average Bonchev–Trinajstić information content (AvgIpc) is 3.25. The number of fused-ring (bicyclic) bond motifs is 1. The smallest absolute Gasteiger partial charge is 0.274 e. The Morgan fingerprint density at radius 3 is 2.67 bits per heavy atom. The molecule has 0 atom stereocenters. The summed E-state index contributed by atoms with van der Waals surface area (Å²) >= 11 is 0. The van der Waals surface area contributed by atoms with Crippen LogP contribution in [0.2, 0.25) is 0 Å². The van der Waals surface area contributed by atoms with Crippen molar-refractivity contribution in [2.75, 3.05) is 7.05 Å². The lowest BCUT2D eigenvalue weighted by atomic mass is 9.95. The van der Waals surface area contributed by atoms with Crippen LogP contribution in [0.4, 0.5) is 4.39 Å². The maximum Gasteiger partial charge on any atom is 0.274 e. The predicted octanol–water partition coefficient (Wildman–Crippen LogP) is 2.90. The molecule has 1 aliphatic rings. The third-order valence-electron chi connectivity index (χ3n) is 4.98. The number of rotatable bonds is 4. The number of carbonyl (C=O) groups excluding carboxylic acids is 1. The molecular weight excluding hydrogens is 345 g/mol. The highest BCUT2D eigenvalue weighted by atomic mass is 19.1.